The molecular formula is C19H28N2O4. The molecule has 2 unspecified atom stereocenters. The molecule has 1 aromatic carbocycles. The van der Waals surface area contributed by atoms with E-state index < -0.39 is 29.7 Å². The van der Waals surface area contributed by atoms with E-state index in [4.69, 9.17) is 4.74 Å². The Morgan fingerprint density at radius 1 is 1.24 bits per heavy atom. The summed E-state index contributed by atoms with van der Waals surface area (Å²) in [5, 5.41) is 15.9. The SMILES string of the molecule is CC(C)(C)OC(=O)NC(Cc1ccccc1)C(O)C(=O)NC1CCC1. The van der Waals surface area contributed by atoms with Crippen LogP contribution in [0.25, 0.3) is 0 Å². The molecule has 1 aliphatic rings. The fourth-order valence-electron chi connectivity index (χ4n) is 2.59. The zero-order valence-corrected chi connectivity index (χ0v) is 15.1. The highest BCUT2D eigenvalue weighted by molar-refractivity contribution is 5.82. The number of aliphatic hydroxyl groups excluding tert-OH is 1. The quantitative estimate of drug-likeness (QED) is 0.735. The van der Waals surface area contributed by atoms with Gasteiger partial charge >= 0.3 is 6.09 Å². The zero-order valence-electron chi connectivity index (χ0n) is 15.1. The van der Waals surface area contributed by atoms with Crippen LogP contribution in [0.1, 0.15) is 45.6 Å². The van der Waals surface area contributed by atoms with Gasteiger partial charge in [-0.1, -0.05) is 30.3 Å². The molecule has 6 nitrogen and oxygen atoms in total. The van der Waals surface area contributed by atoms with Crippen LogP contribution in [-0.2, 0) is 16.0 Å². The van der Waals surface area contributed by atoms with Crippen LogP contribution in [0.2, 0.25) is 0 Å². The Bertz CT molecular complexity index is 579. The number of nitrogens with one attached hydrogen (secondary N) is 2. The number of carbonyl (C=O) groups excluding carboxylic acids is 2. The number of hydrogen-bond donors (Lipinski definition) is 3. The lowest BCUT2D eigenvalue weighted by Crippen LogP contribution is -2.54. The van der Waals surface area contributed by atoms with Crippen LogP contribution in [-0.4, -0.2) is 40.9 Å². The number of rotatable bonds is 6. The molecule has 6 heteroatoms. The normalized spacial score (nSPS) is 17.1. The van der Waals surface area contributed by atoms with Gasteiger partial charge in [-0.15, -0.1) is 0 Å². The molecule has 2 atom stereocenters. The van der Waals surface area contributed by atoms with Gasteiger partial charge < -0.3 is 20.5 Å². The summed E-state index contributed by atoms with van der Waals surface area (Å²) in [6, 6.07) is 8.78. The second kappa shape index (κ2) is 8.34. The minimum Gasteiger partial charge on any atom is -0.444 e. The Labute approximate surface area is 149 Å². The molecule has 2 rings (SSSR count). The van der Waals surface area contributed by atoms with Crippen molar-refractivity contribution in [3.8, 4) is 0 Å². The summed E-state index contributed by atoms with van der Waals surface area (Å²) in [4.78, 5) is 24.4. The fourth-order valence-corrected chi connectivity index (χ4v) is 2.59. The van der Waals surface area contributed by atoms with Gasteiger partial charge in [-0.25, -0.2) is 4.79 Å². The van der Waals surface area contributed by atoms with Crippen LogP contribution in [0, 0.1) is 0 Å². The van der Waals surface area contributed by atoms with Gasteiger partial charge in [-0.05, 0) is 52.0 Å². The lowest BCUT2D eigenvalue weighted by atomic mass is 9.92. The van der Waals surface area contributed by atoms with Crippen molar-refractivity contribution in [1.29, 1.82) is 0 Å². The molecule has 0 bridgehead atoms. The topological polar surface area (TPSA) is 87.7 Å². The molecule has 3 N–H and O–H groups in total. The summed E-state index contributed by atoms with van der Waals surface area (Å²) in [5.41, 5.74) is 0.264. The average Bonchev–Trinajstić information content (AvgIpc) is 2.48. The number of aliphatic hydroxyl groups is 1. The lowest BCUT2D eigenvalue weighted by Gasteiger charge is -2.30. The van der Waals surface area contributed by atoms with Gasteiger partial charge in [0.1, 0.15) is 5.60 Å². The van der Waals surface area contributed by atoms with E-state index in [1.807, 2.05) is 30.3 Å². The number of benzene rings is 1. The first-order valence-corrected chi connectivity index (χ1v) is 8.76. The molecule has 0 spiro atoms. The van der Waals surface area contributed by atoms with E-state index >= 15 is 0 Å². The van der Waals surface area contributed by atoms with Gasteiger partial charge in [0.25, 0.3) is 5.91 Å². The molecule has 0 aliphatic heterocycles. The third kappa shape index (κ3) is 6.38. The van der Waals surface area contributed by atoms with Crippen LogP contribution in [0.4, 0.5) is 4.79 Å². The van der Waals surface area contributed by atoms with E-state index in [9.17, 15) is 14.7 Å². The first-order chi connectivity index (χ1) is 11.7. The molecule has 1 aromatic rings. The number of alkyl carbamates (subject to hydrolysis) is 1. The third-order valence-corrected chi connectivity index (χ3v) is 4.10. The van der Waals surface area contributed by atoms with Crippen molar-refractivity contribution in [3.63, 3.8) is 0 Å². The predicted molar refractivity (Wildman–Crippen MR) is 95.1 cm³/mol. The highest BCUT2D eigenvalue weighted by atomic mass is 16.6. The minimum atomic E-state index is -1.34. The largest absolute Gasteiger partial charge is 0.444 e. The predicted octanol–water partition coefficient (Wildman–Crippen LogP) is 2.15. The summed E-state index contributed by atoms with van der Waals surface area (Å²) >= 11 is 0. The number of hydrogen-bond acceptors (Lipinski definition) is 4. The molecule has 1 saturated carbocycles. The second-order valence-electron chi connectivity index (χ2n) is 7.52. The van der Waals surface area contributed by atoms with Crippen LogP contribution >= 0.6 is 0 Å². The van der Waals surface area contributed by atoms with E-state index in [2.05, 4.69) is 10.6 Å². The smallest absolute Gasteiger partial charge is 0.407 e. The molecule has 0 radical (unpaired) electrons. The van der Waals surface area contributed by atoms with Crippen molar-refractivity contribution in [2.24, 2.45) is 0 Å². The third-order valence-electron chi connectivity index (χ3n) is 4.10. The molecule has 25 heavy (non-hydrogen) atoms. The van der Waals surface area contributed by atoms with Crippen molar-refractivity contribution in [3.05, 3.63) is 35.9 Å². The van der Waals surface area contributed by atoms with Gasteiger partial charge in [-0.3, -0.25) is 4.79 Å². The summed E-state index contributed by atoms with van der Waals surface area (Å²) < 4.78 is 5.26. The van der Waals surface area contributed by atoms with Crippen molar-refractivity contribution >= 4 is 12.0 Å². The maximum absolute atomic E-state index is 12.3. The number of ether oxygens (including phenoxy) is 1. The van der Waals surface area contributed by atoms with Crippen molar-refractivity contribution in [1.82, 2.24) is 10.6 Å². The molecule has 1 aliphatic carbocycles. The first kappa shape index (κ1) is 19.2. The molecular weight excluding hydrogens is 320 g/mol. The molecule has 0 aromatic heterocycles. The summed E-state index contributed by atoms with van der Waals surface area (Å²) in [7, 11) is 0. The highest BCUT2D eigenvalue weighted by Crippen LogP contribution is 2.18. The fraction of sp³-hybridized carbons (Fsp3) is 0.579. The average molecular weight is 348 g/mol. The highest BCUT2D eigenvalue weighted by Gasteiger charge is 2.31. The summed E-state index contributed by atoms with van der Waals surface area (Å²) in [5.74, 6) is -0.457. The molecule has 0 heterocycles. The minimum absolute atomic E-state index is 0.126. The van der Waals surface area contributed by atoms with Gasteiger partial charge in [0, 0.05) is 6.04 Å². The summed E-state index contributed by atoms with van der Waals surface area (Å²) in [6.07, 6.45) is 1.30. The maximum Gasteiger partial charge on any atom is 0.407 e. The van der Waals surface area contributed by atoms with Crippen LogP contribution in [0.15, 0.2) is 30.3 Å². The lowest BCUT2D eigenvalue weighted by molar-refractivity contribution is -0.132. The van der Waals surface area contributed by atoms with Gasteiger partial charge in [0.2, 0.25) is 0 Å². The molecule has 2 amide bonds. The van der Waals surface area contributed by atoms with Gasteiger partial charge in [-0.2, -0.15) is 0 Å². The molecule has 0 saturated heterocycles. The van der Waals surface area contributed by atoms with Crippen molar-refractivity contribution < 1.29 is 19.4 Å². The Hall–Kier alpha value is -2.08. The zero-order chi connectivity index (χ0) is 18.4. The van der Waals surface area contributed by atoms with Gasteiger partial charge in [0.05, 0.1) is 6.04 Å². The maximum atomic E-state index is 12.3. The number of amides is 2. The van der Waals surface area contributed by atoms with Crippen LogP contribution in [0.3, 0.4) is 0 Å². The van der Waals surface area contributed by atoms with Crippen molar-refractivity contribution in [2.75, 3.05) is 0 Å². The Kier molecular flexibility index (Phi) is 6.42. The Balaban J connectivity index is 2.04. The first-order valence-electron chi connectivity index (χ1n) is 8.76. The number of carbonyl (C=O) groups is 2. The van der Waals surface area contributed by atoms with E-state index in [0.717, 1.165) is 24.8 Å². The molecule has 1 fully saturated rings. The molecule has 138 valence electrons. The van der Waals surface area contributed by atoms with E-state index in [0.29, 0.717) is 6.42 Å². The van der Waals surface area contributed by atoms with E-state index in [-0.39, 0.29) is 6.04 Å². The van der Waals surface area contributed by atoms with Crippen LogP contribution in [0.5, 0.6) is 0 Å². The van der Waals surface area contributed by atoms with Crippen molar-refractivity contribution in [2.45, 2.75) is 70.2 Å². The van der Waals surface area contributed by atoms with Crippen LogP contribution < -0.4 is 10.6 Å². The second-order valence-corrected chi connectivity index (χ2v) is 7.52. The Morgan fingerprint density at radius 3 is 2.40 bits per heavy atom. The van der Waals surface area contributed by atoms with E-state index in [1.54, 1.807) is 20.8 Å². The standard InChI is InChI=1S/C19H28N2O4/c1-19(2,3)25-18(24)21-15(12-13-8-5-4-6-9-13)16(22)17(23)20-14-10-7-11-14/h4-6,8-9,14-16,22H,7,10-12H2,1-3H3,(H,20,23)(H,21,24). The Morgan fingerprint density at radius 2 is 1.88 bits per heavy atom. The monoisotopic (exact) mass is 348 g/mol. The summed E-state index contributed by atoms with van der Waals surface area (Å²) in [6.45, 7) is 5.29. The van der Waals surface area contributed by atoms with E-state index in [1.165, 1.54) is 0 Å². The van der Waals surface area contributed by atoms with Gasteiger partial charge in [0.15, 0.2) is 6.10 Å².